The maximum Gasteiger partial charge on any atom is 0.244 e. The van der Waals surface area contributed by atoms with Gasteiger partial charge in [-0.05, 0) is 43.7 Å². The van der Waals surface area contributed by atoms with Crippen LogP contribution in [0.1, 0.15) is 19.4 Å². The summed E-state index contributed by atoms with van der Waals surface area (Å²) < 4.78 is 26.0. The van der Waals surface area contributed by atoms with Gasteiger partial charge in [0.25, 0.3) is 0 Å². The average Bonchev–Trinajstić information content (AvgIpc) is 2.72. The second kappa shape index (κ2) is 11.6. The summed E-state index contributed by atoms with van der Waals surface area (Å²) in [5.74, 6) is -1.01. The second-order valence-corrected chi connectivity index (χ2v) is 10.8. The lowest BCUT2D eigenvalue weighted by atomic mass is 10.1. The Labute approximate surface area is 213 Å². The number of sulfonamides is 1. The lowest BCUT2D eigenvalue weighted by Gasteiger charge is -2.31. The fourth-order valence-electron chi connectivity index (χ4n) is 3.03. The van der Waals surface area contributed by atoms with Crippen LogP contribution in [0.2, 0.25) is 20.1 Å². The van der Waals surface area contributed by atoms with Gasteiger partial charge in [0, 0.05) is 18.1 Å². The molecule has 1 N–H and O–H groups in total. The highest BCUT2D eigenvalue weighted by Crippen LogP contribution is 2.35. The number of hydrogen-bond donors (Lipinski definition) is 1. The fourth-order valence-corrected chi connectivity index (χ4v) is 4.79. The van der Waals surface area contributed by atoms with Crippen LogP contribution in [0.15, 0.2) is 36.4 Å². The SMILES string of the molecule is CCNC(=O)[C@@H](C)N(Cc1cccc(Cl)c1)C(=O)CN(c1cc(Cl)c(Cl)cc1Cl)S(C)(=O)=O. The van der Waals surface area contributed by atoms with E-state index in [1.165, 1.54) is 17.0 Å². The van der Waals surface area contributed by atoms with Crippen molar-refractivity contribution >= 4 is 73.9 Å². The van der Waals surface area contributed by atoms with E-state index in [0.29, 0.717) is 17.1 Å². The molecule has 0 bridgehead atoms. The average molecular weight is 555 g/mol. The maximum atomic E-state index is 13.4. The van der Waals surface area contributed by atoms with Crippen LogP contribution in [-0.2, 0) is 26.2 Å². The van der Waals surface area contributed by atoms with Crippen LogP contribution in [-0.4, -0.2) is 50.5 Å². The number of carbonyl (C=O) groups excluding carboxylic acids is 2. The number of halogens is 4. The molecule has 12 heteroatoms. The van der Waals surface area contributed by atoms with E-state index in [1.54, 1.807) is 38.1 Å². The predicted octanol–water partition coefficient (Wildman–Crippen LogP) is 4.62. The zero-order valence-electron chi connectivity index (χ0n) is 18.1. The third-order valence-corrected chi connectivity index (χ3v) is 7.08. The molecule has 2 rings (SSSR count). The molecule has 0 fully saturated rings. The lowest BCUT2D eigenvalue weighted by Crippen LogP contribution is -2.51. The molecule has 7 nitrogen and oxygen atoms in total. The molecule has 1 atom stereocenters. The molecule has 180 valence electrons. The predicted molar refractivity (Wildman–Crippen MR) is 134 cm³/mol. The Morgan fingerprint density at radius 2 is 1.67 bits per heavy atom. The van der Waals surface area contributed by atoms with E-state index in [-0.39, 0.29) is 33.2 Å². The van der Waals surface area contributed by atoms with Crippen LogP contribution in [0.4, 0.5) is 5.69 Å². The normalized spacial score (nSPS) is 12.2. The first-order chi connectivity index (χ1) is 15.3. The van der Waals surface area contributed by atoms with E-state index in [9.17, 15) is 18.0 Å². The van der Waals surface area contributed by atoms with E-state index in [1.807, 2.05) is 0 Å². The van der Waals surface area contributed by atoms with E-state index in [2.05, 4.69) is 5.32 Å². The monoisotopic (exact) mass is 553 g/mol. The number of nitrogens with zero attached hydrogens (tertiary/aromatic N) is 2. The highest BCUT2D eigenvalue weighted by molar-refractivity contribution is 7.92. The molecule has 0 saturated carbocycles. The van der Waals surface area contributed by atoms with Gasteiger partial charge in [-0.25, -0.2) is 8.42 Å². The molecule has 33 heavy (non-hydrogen) atoms. The summed E-state index contributed by atoms with van der Waals surface area (Å²) >= 11 is 24.3. The first kappa shape index (κ1) is 27.5. The molecule has 2 aromatic rings. The van der Waals surface area contributed by atoms with Gasteiger partial charge in [0.2, 0.25) is 21.8 Å². The molecule has 0 spiro atoms. The molecule has 0 unspecified atom stereocenters. The zero-order valence-corrected chi connectivity index (χ0v) is 22.0. The van der Waals surface area contributed by atoms with Crippen molar-refractivity contribution < 1.29 is 18.0 Å². The fraction of sp³-hybridized carbons (Fsp3) is 0.333. The summed E-state index contributed by atoms with van der Waals surface area (Å²) in [6, 6.07) is 8.50. The molecular weight excluding hydrogens is 532 g/mol. The van der Waals surface area contributed by atoms with Crippen LogP contribution >= 0.6 is 46.4 Å². The highest BCUT2D eigenvalue weighted by Gasteiger charge is 2.31. The Bertz CT molecular complexity index is 1140. The number of hydrogen-bond acceptors (Lipinski definition) is 4. The van der Waals surface area contributed by atoms with Gasteiger partial charge in [0.1, 0.15) is 12.6 Å². The molecule has 0 aliphatic heterocycles. The summed E-state index contributed by atoms with van der Waals surface area (Å²) in [6.45, 7) is 3.11. The second-order valence-electron chi connectivity index (χ2n) is 7.21. The summed E-state index contributed by atoms with van der Waals surface area (Å²) in [7, 11) is -3.96. The number of nitrogens with one attached hydrogen (secondary N) is 1. The van der Waals surface area contributed by atoms with Gasteiger partial charge in [-0.15, -0.1) is 0 Å². The van der Waals surface area contributed by atoms with Crippen LogP contribution in [0.3, 0.4) is 0 Å². The van der Waals surface area contributed by atoms with E-state index < -0.39 is 28.5 Å². The zero-order chi connectivity index (χ0) is 24.9. The highest BCUT2D eigenvalue weighted by atomic mass is 35.5. The molecule has 0 heterocycles. The standard InChI is InChI=1S/C21H23Cl4N3O4S/c1-4-26-21(30)13(2)27(11-14-6-5-7-15(22)8-14)20(29)12-28(33(3,31)32)19-10-17(24)16(23)9-18(19)25/h5-10,13H,4,11-12H2,1-3H3,(H,26,30)/t13-/m1/s1. The molecule has 0 aromatic heterocycles. The number of likely N-dealkylation sites (N-methyl/N-ethyl adjacent to an activating group) is 1. The Morgan fingerprint density at radius 1 is 1.03 bits per heavy atom. The Morgan fingerprint density at radius 3 is 2.24 bits per heavy atom. The van der Waals surface area contributed by atoms with Crippen molar-refractivity contribution in [3.05, 3.63) is 62.1 Å². The van der Waals surface area contributed by atoms with Crippen molar-refractivity contribution in [3.8, 4) is 0 Å². The number of amides is 2. The van der Waals surface area contributed by atoms with Crippen molar-refractivity contribution in [2.75, 3.05) is 23.7 Å². The van der Waals surface area contributed by atoms with E-state index >= 15 is 0 Å². The smallest absolute Gasteiger partial charge is 0.244 e. The van der Waals surface area contributed by atoms with Gasteiger partial charge in [0.05, 0.1) is 27.0 Å². The maximum absolute atomic E-state index is 13.4. The van der Waals surface area contributed by atoms with Crippen molar-refractivity contribution in [1.29, 1.82) is 0 Å². The summed E-state index contributed by atoms with van der Waals surface area (Å²) in [6.07, 6.45) is 0.938. The molecule has 2 amide bonds. The van der Waals surface area contributed by atoms with Crippen molar-refractivity contribution in [1.82, 2.24) is 10.2 Å². The van der Waals surface area contributed by atoms with Crippen molar-refractivity contribution in [2.24, 2.45) is 0 Å². The molecule has 0 saturated heterocycles. The largest absolute Gasteiger partial charge is 0.355 e. The van der Waals surface area contributed by atoms with Gasteiger partial charge in [-0.3, -0.25) is 13.9 Å². The third kappa shape index (κ3) is 7.39. The molecule has 0 aliphatic rings. The first-order valence-electron chi connectivity index (χ1n) is 9.79. The Hall–Kier alpha value is -1.71. The quantitative estimate of drug-likeness (QED) is 0.458. The van der Waals surface area contributed by atoms with Crippen molar-refractivity contribution in [2.45, 2.75) is 26.4 Å². The van der Waals surface area contributed by atoms with E-state index in [0.717, 1.165) is 10.6 Å². The van der Waals surface area contributed by atoms with Gasteiger partial charge in [-0.1, -0.05) is 58.5 Å². The first-order valence-corrected chi connectivity index (χ1v) is 13.1. The Balaban J connectivity index is 2.46. The molecule has 0 radical (unpaired) electrons. The minimum absolute atomic E-state index is 0.000732. The van der Waals surface area contributed by atoms with Crippen LogP contribution in [0.5, 0.6) is 0 Å². The van der Waals surface area contributed by atoms with Gasteiger partial charge < -0.3 is 10.2 Å². The minimum Gasteiger partial charge on any atom is -0.355 e. The molecule has 2 aromatic carbocycles. The van der Waals surface area contributed by atoms with Crippen LogP contribution in [0, 0.1) is 0 Å². The molecule has 0 aliphatic carbocycles. The molecular formula is C21H23Cl4N3O4S. The number of anilines is 1. The number of carbonyl (C=O) groups is 2. The van der Waals surface area contributed by atoms with Gasteiger partial charge >= 0.3 is 0 Å². The van der Waals surface area contributed by atoms with E-state index in [4.69, 9.17) is 46.4 Å². The van der Waals surface area contributed by atoms with Crippen molar-refractivity contribution in [3.63, 3.8) is 0 Å². The Kier molecular flexibility index (Phi) is 9.70. The van der Waals surface area contributed by atoms with Gasteiger partial charge in [-0.2, -0.15) is 0 Å². The van der Waals surface area contributed by atoms with Gasteiger partial charge in [0.15, 0.2) is 0 Å². The number of benzene rings is 2. The number of rotatable bonds is 9. The summed E-state index contributed by atoms with van der Waals surface area (Å²) in [4.78, 5) is 27.2. The lowest BCUT2D eigenvalue weighted by molar-refractivity contribution is -0.139. The topological polar surface area (TPSA) is 86.8 Å². The minimum atomic E-state index is -3.96. The van der Waals surface area contributed by atoms with Crippen LogP contribution in [0.25, 0.3) is 0 Å². The summed E-state index contributed by atoms with van der Waals surface area (Å²) in [5, 5.41) is 3.35. The summed E-state index contributed by atoms with van der Waals surface area (Å²) in [5.41, 5.74) is 0.667. The third-order valence-electron chi connectivity index (χ3n) is 4.70. The van der Waals surface area contributed by atoms with Crippen LogP contribution < -0.4 is 9.62 Å².